The Hall–Kier alpha value is -3.02. The fourth-order valence-electron chi connectivity index (χ4n) is 3.15. The number of hydrogen-bond acceptors (Lipinski definition) is 4. The molecule has 0 aromatic heterocycles. The van der Waals surface area contributed by atoms with Gasteiger partial charge >= 0.3 is 0 Å². The van der Waals surface area contributed by atoms with Crippen LogP contribution in [0.1, 0.15) is 11.1 Å². The summed E-state index contributed by atoms with van der Waals surface area (Å²) in [4.78, 5) is 25.0. The van der Waals surface area contributed by atoms with E-state index in [0.717, 1.165) is 11.1 Å². The Morgan fingerprint density at radius 1 is 0.731 bits per heavy atom. The first-order valence-corrected chi connectivity index (χ1v) is 8.47. The molecule has 6 nitrogen and oxygen atoms in total. The Bertz CT molecular complexity index is 738. The molecule has 2 aromatic carbocycles. The monoisotopic (exact) mass is 354 g/mol. The van der Waals surface area contributed by atoms with Crippen LogP contribution in [0.25, 0.3) is 0 Å². The molecule has 2 aromatic rings. The molecule has 3 rings (SSSR count). The molecule has 2 amide bonds. The number of hydrogen-bond donors (Lipinski definition) is 2. The van der Waals surface area contributed by atoms with Gasteiger partial charge < -0.3 is 20.1 Å². The summed E-state index contributed by atoms with van der Waals surface area (Å²) in [5.41, 5.74) is 1.75. The number of benzene rings is 2. The lowest BCUT2D eigenvalue weighted by Crippen LogP contribution is -2.62. The van der Waals surface area contributed by atoms with Crippen LogP contribution in [-0.4, -0.2) is 38.1 Å². The molecule has 26 heavy (non-hydrogen) atoms. The Kier molecular flexibility index (Phi) is 5.41. The van der Waals surface area contributed by atoms with Crippen molar-refractivity contribution in [1.82, 2.24) is 10.6 Å². The van der Waals surface area contributed by atoms with E-state index in [-0.39, 0.29) is 11.8 Å². The molecule has 136 valence electrons. The predicted molar refractivity (Wildman–Crippen MR) is 97.3 cm³/mol. The fourth-order valence-corrected chi connectivity index (χ4v) is 3.15. The Labute approximate surface area is 152 Å². The first kappa shape index (κ1) is 17.8. The minimum atomic E-state index is -0.618. The zero-order valence-electron chi connectivity index (χ0n) is 14.8. The number of ether oxygens (including phenoxy) is 2. The van der Waals surface area contributed by atoms with E-state index < -0.39 is 12.1 Å². The summed E-state index contributed by atoms with van der Waals surface area (Å²) in [7, 11) is 3.17. The van der Waals surface area contributed by atoms with Crippen LogP contribution in [0.2, 0.25) is 0 Å². The van der Waals surface area contributed by atoms with Crippen LogP contribution in [0, 0.1) is 0 Å². The molecule has 1 saturated heterocycles. The van der Waals surface area contributed by atoms with Crippen LogP contribution in [0.3, 0.4) is 0 Å². The highest BCUT2D eigenvalue weighted by atomic mass is 16.5. The van der Waals surface area contributed by atoms with Gasteiger partial charge in [-0.3, -0.25) is 9.59 Å². The van der Waals surface area contributed by atoms with Crippen molar-refractivity contribution in [3.05, 3.63) is 59.7 Å². The topological polar surface area (TPSA) is 76.7 Å². The molecule has 0 bridgehead atoms. The number of methoxy groups -OCH3 is 2. The van der Waals surface area contributed by atoms with E-state index in [1.54, 1.807) is 14.2 Å². The molecule has 0 radical (unpaired) electrons. The molecular weight excluding hydrogens is 332 g/mol. The number of piperazine rings is 1. The lowest BCUT2D eigenvalue weighted by molar-refractivity contribution is -0.136. The third-order valence-electron chi connectivity index (χ3n) is 4.50. The van der Waals surface area contributed by atoms with Gasteiger partial charge in [-0.1, -0.05) is 36.4 Å². The van der Waals surface area contributed by atoms with E-state index in [9.17, 15) is 9.59 Å². The van der Waals surface area contributed by atoms with Gasteiger partial charge in [-0.15, -0.1) is 0 Å². The summed E-state index contributed by atoms with van der Waals surface area (Å²) in [6.07, 6.45) is 0.756. The van der Waals surface area contributed by atoms with Crippen molar-refractivity contribution in [3.63, 3.8) is 0 Å². The van der Waals surface area contributed by atoms with Gasteiger partial charge in [0.05, 0.1) is 14.2 Å². The van der Waals surface area contributed by atoms with Crippen molar-refractivity contribution < 1.29 is 19.1 Å². The van der Waals surface area contributed by atoms with Gasteiger partial charge in [-0.05, 0) is 23.3 Å². The summed E-state index contributed by atoms with van der Waals surface area (Å²) in [5, 5.41) is 5.65. The predicted octanol–water partition coefficient (Wildman–Crippen LogP) is 1.47. The van der Waals surface area contributed by atoms with Crippen molar-refractivity contribution >= 4 is 11.8 Å². The zero-order chi connectivity index (χ0) is 18.5. The summed E-state index contributed by atoms with van der Waals surface area (Å²) in [6, 6.07) is 13.7. The average molecular weight is 354 g/mol. The van der Waals surface area contributed by atoms with Crippen LogP contribution in [0.15, 0.2) is 48.5 Å². The molecule has 1 aliphatic rings. The molecule has 2 N–H and O–H groups in total. The van der Waals surface area contributed by atoms with Gasteiger partial charge in [-0.2, -0.15) is 0 Å². The number of carbonyl (C=O) groups excluding carboxylic acids is 2. The van der Waals surface area contributed by atoms with Gasteiger partial charge in [0.15, 0.2) is 0 Å². The van der Waals surface area contributed by atoms with Gasteiger partial charge in [-0.25, -0.2) is 0 Å². The van der Waals surface area contributed by atoms with Gasteiger partial charge in [0.1, 0.15) is 23.6 Å². The SMILES string of the molecule is COc1ccccc1C[C@H]1NC(=O)[C@@H](Cc2ccccc2OC)NC1=O. The second-order valence-corrected chi connectivity index (χ2v) is 6.15. The lowest BCUT2D eigenvalue weighted by Gasteiger charge is -2.30. The Morgan fingerprint density at radius 2 is 1.12 bits per heavy atom. The molecule has 1 fully saturated rings. The first-order chi connectivity index (χ1) is 12.6. The van der Waals surface area contributed by atoms with E-state index in [2.05, 4.69) is 10.6 Å². The van der Waals surface area contributed by atoms with Gasteiger partial charge in [0.25, 0.3) is 0 Å². The zero-order valence-corrected chi connectivity index (χ0v) is 14.8. The highest BCUT2D eigenvalue weighted by Crippen LogP contribution is 2.22. The number of rotatable bonds is 6. The molecule has 1 heterocycles. The smallest absolute Gasteiger partial charge is 0.243 e. The molecule has 0 unspecified atom stereocenters. The normalized spacial score (nSPS) is 19.5. The third kappa shape index (κ3) is 3.79. The van der Waals surface area contributed by atoms with Crippen LogP contribution >= 0.6 is 0 Å². The van der Waals surface area contributed by atoms with Crippen molar-refractivity contribution in [2.75, 3.05) is 14.2 Å². The maximum Gasteiger partial charge on any atom is 0.243 e. The summed E-state index contributed by atoms with van der Waals surface area (Å²) < 4.78 is 10.6. The van der Waals surface area contributed by atoms with Gasteiger partial charge in [0.2, 0.25) is 11.8 Å². The lowest BCUT2D eigenvalue weighted by atomic mass is 9.98. The van der Waals surface area contributed by atoms with Crippen molar-refractivity contribution in [2.45, 2.75) is 24.9 Å². The molecule has 2 atom stereocenters. The van der Waals surface area contributed by atoms with Gasteiger partial charge in [0, 0.05) is 12.8 Å². The highest BCUT2D eigenvalue weighted by molar-refractivity contribution is 5.97. The van der Waals surface area contributed by atoms with Crippen LogP contribution in [0.4, 0.5) is 0 Å². The Balaban J connectivity index is 1.69. The van der Waals surface area contributed by atoms with Crippen LogP contribution in [-0.2, 0) is 22.4 Å². The largest absolute Gasteiger partial charge is 0.496 e. The second kappa shape index (κ2) is 7.91. The van der Waals surface area contributed by atoms with E-state index in [1.807, 2.05) is 48.5 Å². The average Bonchev–Trinajstić information content (AvgIpc) is 2.66. The number of amides is 2. The minimum absolute atomic E-state index is 0.199. The van der Waals surface area contributed by atoms with Crippen molar-refractivity contribution in [1.29, 1.82) is 0 Å². The summed E-state index contributed by atoms with van der Waals surface area (Å²) >= 11 is 0. The number of nitrogens with one attached hydrogen (secondary N) is 2. The van der Waals surface area contributed by atoms with Crippen LogP contribution < -0.4 is 20.1 Å². The highest BCUT2D eigenvalue weighted by Gasteiger charge is 2.34. The third-order valence-corrected chi connectivity index (χ3v) is 4.50. The van der Waals surface area contributed by atoms with Crippen molar-refractivity contribution in [2.24, 2.45) is 0 Å². The Morgan fingerprint density at radius 3 is 1.50 bits per heavy atom. The van der Waals surface area contributed by atoms with E-state index in [4.69, 9.17) is 9.47 Å². The molecule has 0 saturated carbocycles. The summed E-state index contributed by atoms with van der Waals surface area (Å²) in [5.74, 6) is 1.00. The van der Waals surface area contributed by atoms with Crippen molar-refractivity contribution in [3.8, 4) is 11.5 Å². The quantitative estimate of drug-likeness (QED) is 0.824. The number of carbonyl (C=O) groups is 2. The standard InChI is InChI=1S/C20H22N2O4/c1-25-17-9-5-3-7-13(17)11-15-19(23)22-16(20(24)21-15)12-14-8-4-6-10-18(14)26-2/h3-10,15-16H,11-12H2,1-2H3,(H,21,24)(H,22,23)/t15-,16-/m1/s1. The molecule has 0 aliphatic carbocycles. The maximum atomic E-state index is 12.5. The second-order valence-electron chi connectivity index (χ2n) is 6.15. The molecule has 6 heteroatoms. The summed E-state index contributed by atoms with van der Waals surface area (Å²) in [6.45, 7) is 0. The molecule has 1 aliphatic heterocycles. The van der Waals surface area contributed by atoms with E-state index >= 15 is 0 Å². The van der Waals surface area contributed by atoms with E-state index in [0.29, 0.717) is 24.3 Å². The van der Waals surface area contributed by atoms with Crippen LogP contribution in [0.5, 0.6) is 11.5 Å². The minimum Gasteiger partial charge on any atom is -0.496 e. The molecular formula is C20H22N2O4. The fraction of sp³-hybridized carbons (Fsp3) is 0.300. The molecule has 0 spiro atoms. The number of para-hydroxylation sites is 2. The maximum absolute atomic E-state index is 12.5. The van der Waals surface area contributed by atoms with E-state index in [1.165, 1.54) is 0 Å². The first-order valence-electron chi connectivity index (χ1n) is 8.47.